The summed E-state index contributed by atoms with van der Waals surface area (Å²) < 4.78 is 0. The number of aliphatic carboxylic acids is 1. The van der Waals surface area contributed by atoms with E-state index in [4.69, 9.17) is 5.11 Å². The number of nitrogens with one attached hydrogen (secondary N) is 2. The van der Waals surface area contributed by atoms with Crippen LogP contribution in [0.5, 0.6) is 0 Å². The molecule has 3 amide bonds. The third-order valence-corrected chi connectivity index (χ3v) is 4.07. The van der Waals surface area contributed by atoms with Gasteiger partial charge in [-0.3, -0.25) is 9.59 Å². The van der Waals surface area contributed by atoms with Gasteiger partial charge in [-0.05, 0) is 13.8 Å². The Morgan fingerprint density at radius 2 is 2.15 bits per heavy atom. The van der Waals surface area contributed by atoms with Gasteiger partial charge in [-0.1, -0.05) is 0 Å². The first kappa shape index (κ1) is 16.6. The standard InChI is InChI=1S/C12H21N3O4S/c1-3-13-11(18)8(2)14-12(19)15-4-5-20-7-9(15)6-10(16)17/h8-9H,3-7H2,1-2H3,(H,13,18)(H,14,19)(H,16,17). The lowest BCUT2D eigenvalue weighted by Crippen LogP contribution is -2.55. The van der Waals surface area contributed by atoms with Crippen molar-refractivity contribution >= 4 is 29.7 Å². The summed E-state index contributed by atoms with van der Waals surface area (Å²) in [5.41, 5.74) is 0. The third-order valence-electron chi connectivity index (χ3n) is 2.98. The van der Waals surface area contributed by atoms with E-state index in [-0.39, 0.29) is 24.4 Å². The number of carboxylic acid groups (broad SMARTS) is 1. The molecule has 2 unspecified atom stereocenters. The minimum Gasteiger partial charge on any atom is -0.481 e. The monoisotopic (exact) mass is 303 g/mol. The van der Waals surface area contributed by atoms with Crippen molar-refractivity contribution in [2.45, 2.75) is 32.4 Å². The van der Waals surface area contributed by atoms with E-state index in [1.807, 2.05) is 0 Å². The number of thioether (sulfide) groups is 1. The summed E-state index contributed by atoms with van der Waals surface area (Å²) >= 11 is 1.64. The summed E-state index contributed by atoms with van der Waals surface area (Å²) in [6.45, 7) is 4.41. The van der Waals surface area contributed by atoms with Crippen molar-refractivity contribution in [2.24, 2.45) is 0 Å². The zero-order valence-electron chi connectivity index (χ0n) is 11.7. The molecule has 20 heavy (non-hydrogen) atoms. The maximum atomic E-state index is 12.1. The van der Waals surface area contributed by atoms with Crippen molar-refractivity contribution in [2.75, 3.05) is 24.6 Å². The first-order valence-corrected chi connectivity index (χ1v) is 7.75. The van der Waals surface area contributed by atoms with E-state index in [0.717, 1.165) is 5.75 Å². The van der Waals surface area contributed by atoms with Gasteiger partial charge in [0.1, 0.15) is 6.04 Å². The molecule has 1 aliphatic rings. The van der Waals surface area contributed by atoms with E-state index in [0.29, 0.717) is 18.8 Å². The number of hydrogen-bond donors (Lipinski definition) is 3. The van der Waals surface area contributed by atoms with Gasteiger partial charge in [0.2, 0.25) is 5.91 Å². The fourth-order valence-corrected chi connectivity index (χ4v) is 3.02. The van der Waals surface area contributed by atoms with Crippen LogP contribution in [0.4, 0.5) is 4.79 Å². The molecule has 114 valence electrons. The average Bonchev–Trinajstić information content (AvgIpc) is 2.38. The lowest BCUT2D eigenvalue weighted by Gasteiger charge is -2.35. The summed E-state index contributed by atoms with van der Waals surface area (Å²) in [6.07, 6.45) is -0.0735. The number of likely N-dealkylation sites (N-methyl/N-ethyl adjacent to an activating group) is 1. The quantitative estimate of drug-likeness (QED) is 0.670. The molecule has 0 aliphatic carbocycles. The van der Waals surface area contributed by atoms with Crippen LogP contribution in [-0.4, -0.2) is 64.6 Å². The lowest BCUT2D eigenvalue weighted by molar-refractivity contribution is -0.138. The van der Waals surface area contributed by atoms with Gasteiger partial charge >= 0.3 is 12.0 Å². The van der Waals surface area contributed by atoms with Gasteiger partial charge in [0.25, 0.3) is 0 Å². The van der Waals surface area contributed by atoms with E-state index in [9.17, 15) is 14.4 Å². The van der Waals surface area contributed by atoms with Crippen molar-refractivity contribution < 1.29 is 19.5 Å². The van der Waals surface area contributed by atoms with Gasteiger partial charge in [0.05, 0.1) is 12.5 Å². The molecule has 7 nitrogen and oxygen atoms in total. The summed E-state index contributed by atoms with van der Waals surface area (Å²) in [4.78, 5) is 36.1. The molecule has 0 spiro atoms. The smallest absolute Gasteiger partial charge is 0.318 e. The fraction of sp³-hybridized carbons (Fsp3) is 0.750. The molecule has 1 heterocycles. The molecule has 0 aromatic rings. The Morgan fingerprint density at radius 3 is 2.75 bits per heavy atom. The Labute approximate surface area is 122 Å². The topological polar surface area (TPSA) is 98.7 Å². The second-order valence-corrected chi connectivity index (χ2v) is 5.74. The maximum absolute atomic E-state index is 12.1. The molecule has 1 fully saturated rings. The number of urea groups is 1. The molecular weight excluding hydrogens is 282 g/mol. The van der Waals surface area contributed by atoms with Gasteiger partial charge in [-0.25, -0.2) is 4.79 Å². The molecule has 0 aromatic carbocycles. The lowest BCUT2D eigenvalue weighted by atomic mass is 10.2. The first-order chi connectivity index (χ1) is 9.45. The molecule has 1 aliphatic heterocycles. The Hall–Kier alpha value is -1.44. The second kappa shape index (κ2) is 7.98. The van der Waals surface area contributed by atoms with Gasteiger partial charge in [-0.15, -0.1) is 0 Å². The Kier molecular flexibility index (Phi) is 6.63. The Bertz CT molecular complexity index is 378. The summed E-state index contributed by atoms with van der Waals surface area (Å²) in [6, 6.07) is -1.34. The van der Waals surface area contributed by atoms with E-state index < -0.39 is 12.0 Å². The number of carbonyl (C=O) groups excluding carboxylic acids is 2. The van der Waals surface area contributed by atoms with E-state index in [2.05, 4.69) is 10.6 Å². The van der Waals surface area contributed by atoms with Crippen molar-refractivity contribution in [3.63, 3.8) is 0 Å². The van der Waals surface area contributed by atoms with Crippen molar-refractivity contribution in [1.29, 1.82) is 0 Å². The molecule has 0 radical (unpaired) electrons. The van der Waals surface area contributed by atoms with Crippen LogP contribution in [0.15, 0.2) is 0 Å². The largest absolute Gasteiger partial charge is 0.481 e. The van der Waals surface area contributed by atoms with Crippen LogP contribution < -0.4 is 10.6 Å². The first-order valence-electron chi connectivity index (χ1n) is 6.60. The van der Waals surface area contributed by atoms with Crippen molar-refractivity contribution in [3.05, 3.63) is 0 Å². The van der Waals surface area contributed by atoms with Crippen LogP contribution in [0.25, 0.3) is 0 Å². The number of carbonyl (C=O) groups is 3. The minimum absolute atomic E-state index is 0.0735. The predicted molar refractivity (Wildman–Crippen MR) is 76.7 cm³/mol. The van der Waals surface area contributed by atoms with E-state index in [1.54, 1.807) is 25.6 Å². The molecule has 1 rings (SSSR count). The molecular formula is C12H21N3O4S. The molecule has 8 heteroatoms. The van der Waals surface area contributed by atoms with Crippen LogP contribution in [0, 0.1) is 0 Å². The highest BCUT2D eigenvalue weighted by Gasteiger charge is 2.30. The van der Waals surface area contributed by atoms with Crippen molar-refractivity contribution in [3.8, 4) is 0 Å². The summed E-state index contributed by atoms with van der Waals surface area (Å²) in [5, 5.41) is 14.1. The SMILES string of the molecule is CCNC(=O)C(C)NC(=O)N1CCSCC1CC(=O)O. The highest BCUT2D eigenvalue weighted by atomic mass is 32.2. The molecule has 2 atom stereocenters. The van der Waals surface area contributed by atoms with Gasteiger partial charge in [-0.2, -0.15) is 11.8 Å². The third kappa shape index (κ3) is 4.92. The van der Waals surface area contributed by atoms with Crippen LogP contribution in [-0.2, 0) is 9.59 Å². The molecule has 0 bridgehead atoms. The second-order valence-electron chi connectivity index (χ2n) is 4.59. The van der Waals surface area contributed by atoms with Gasteiger partial charge in [0.15, 0.2) is 0 Å². The summed E-state index contributed by atoms with van der Waals surface area (Å²) in [5.74, 6) is 0.211. The Morgan fingerprint density at radius 1 is 1.45 bits per heavy atom. The van der Waals surface area contributed by atoms with Crippen LogP contribution >= 0.6 is 11.8 Å². The number of rotatable bonds is 5. The average molecular weight is 303 g/mol. The van der Waals surface area contributed by atoms with Gasteiger partial charge in [0, 0.05) is 24.6 Å². The zero-order valence-corrected chi connectivity index (χ0v) is 12.5. The maximum Gasteiger partial charge on any atom is 0.318 e. The number of hydrogen-bond acceptors (Lipinski definition) is 4. The highest BCUT2D eigenvalue weighted by molar-refractivity contribution is 7.99. The normalized spacial score (nSPS) is 20.1. The number of amides is 3. The predicted octanol–water partition coefficient (Wildman–Crippen LogP) is 0.113. The molecule has 1 saturated heterocycles. The van der Waals surface area contributed by atoms with Crippen LogP contribution in [0.2, 0.25) is 0 Å². The number of nitrogens with zero attached hydrogens (tertiary/aromatic N) is 1. The molecule has 0 aromatic heterocycles. The van der Waals surface area contributed by atoms with Crippen LogP contribution in [0.1, 0.15) is 20.3 Å². The van der Waals surface area contributed by atoms with Gasteiger partial charge < -0.3 is 20.6 Å². The van der Waals surface area contributed by atoms with Crippen molar-refractivity contribution in [1.82, 2.24) is 15.5 Å². The Balaban J connectivity index is 2.58. The summed E-state index contributed by atoms with van der Waals surface area (Å²) in [7, 11) is 0. The molecule has 3 N–H and O–H groups in total. The minimum atomic E-state index is -0.924. The van der Waals surface area contributed by atoms with E-state index >= 15 is 0 Å². The molecule has 0 saturated carbocycles. The zero-order chi connectivity index (χ0) is 15.1. The van der Waals surface area contributed by atoms with Crippen LogP contribution in [0.3, 0.4) is 0 Å². The number of carboxylic acids is 1. The van der Waals surface area contributed by atoms with E-state index in [1.165, 1.54) is 4.90 Å². The fourth-order valence-electron chi connectivity index (χ4n) is 1.95. The highest BCUT2D eigenvalue weighted by Crippen LogP contribution is 2.19.